The highest BCUT2D eigenvalue weighted by atomic mass is 32.2. The van der Waals surface area contributed by atoms with Gasteiger partial charge in [-0.2, -0.15) is 17.0 Å². The summed E-state index contributed by atoms with van der Waals surface area (Å²) in [5, 5.41) is 8.76. The lowest BCUT2D eigenvalue weighted by Gasteiger charge is -2.30. The van der Waals surface area contributed by atoms with Crippen molar-refractivity contribution in [1.29, 1.82) is 5.26 Å². The van der Waals surface area contributed by atoms with Crippen LogP contribution in [0.25, 0.3) is 4.91 Å². The summed E-state index contributed by atoms with van der Waals surface area (Å²) in [6.07, 6.45) is 2.69. The molecule has 1 aromatic carbocycles. The van der Waals surface area contributed by atoms with E-state index in [9.17, 15) is 22.8 Å². The van der Waals surface area contributed by atoms with E-state index in [4.69, 9.17) is 5.26 Å². The van der Waals surface area contributed by atoms with E-state index < -0.39 is 20.1 Å². The van der Waals surface area contributed by atoms with E-state index in [0.717, 1.165) is 16.2 Å². The number of allylic oxidation sites excluding steroid dienone is 1. The Balaban J connectivity index is 0. The number of thioether (sulfide) groups is 4. The lowest BCUT2D eigenvalue weighted by molar-refractivity contribution is -0.143. The third kappa shape index (κ3) is 30.5. The van der Waals surface area contributed by atoms with Crippen LogP contribution >= 0.6 is 47.0 Å². The summed E-state index contributed by atoms with van der Waals surface area (Å²) >= 11 is 6.77. The Labute approximate surface area is 405 Å². The fourth-order valence-corrected chi connectivity index (χ4v) is 10.6. The molecule has 1 saturated heterocycles. The molecule has 0 saturated carbocycles. The summed E-state index contributed by atoms with van der Waals surface area (Å²) in [6, 6.07) is 10.7. The Hall–Kier alpha value is -1.39. The van der Waals surface area contributed by atoms with Gasteiger partial charge in [-0.1, -0.05) is 149 Å². The number of hydrogen-bond acceptors (Lipinski definition) is 10. The van der Waals surface area contributed by atoms with Crippen molar-refractivity contribution < 1.29 is 22.8 Å². The normalized spacial score (nSPS) is 16.0. The zero-order valence-corrected chi connectivity index (χ0v) is 48.3. The zero-order valence-electron chi connectivity index (χ0n) is 44.2. The smallest absolute Gasteiger partial charge is 0.243 e. The highest BCUT2D eigenvalue weighted by molar-refractivity contribution is 8.09. The van der Waals surface area contributed by atoms with Crippen LogP contribution in [0.3, 0.4) is 0 Å². The summed E-state index contributed by atoms with van der Waals surface area (Å²) in [5.74, 6) is 2.83. The lowest BCUT2D eigenvalue weighted by Crippen LogP contribution is -2.46. The number of ketones is 1. The zero-order chi connectivity index (χ0) is 50.4. The molecule has 2 amide bonds. The van der Waals surface area contributed by atoms with Crippen molar-refractivity contribution in [2.75, 3.05) is 23.0 Å². The van der Waals surface area contributed by atoms with Crippen molar-refractivity contribution in [3.8, 4) is 6.07 Å². The minimum Gasteiger partial charge on any atom is -0.299 e. The molecular formula is C51H90N2O5S5. The van der Waals surface area contributed by atoms with Crippen LogP contribution in [0.5, 0.6) is 0 Å². The van der Waals surface area contributed by atoms with Gasteiger partial charge in [0, 0.05) is 49.4 Å². The molecule has 1 heterocycles. The second-order valence-corrected chi connectivity index (χ2v) is 34.2. The second kappa shape index (κ2) is 25.1. The molecule has 7 nitrogen and oxygen atoms in total. The maximum Gasteiger partial charge on any atom is 0.243 e. The largest absolute Gasteiger partial charge is 0.299 e. The summed E-state index contributed by atoms with van der Waals surface area (Å²) in [4.78, 5) is 38.0. The van der Waals surface area contributed by atoms with Crippen molar-refractivity contribution in [3.63, 3.8) is 0 Å². The van der Waals surface area contributed by atoms with E-state index in [0.29, 0.717) is 30.1 Å². The van der Waals surface area contributed by atoms with E-state index in [2.05, 4.69) is 155 Å². The number of imide groups is 1. The van der Waals surface area contributed by atoms with E-state index >= 15 is 0 Å². The van der Waals surface area contributed by atoms with E-state index in [-0.39, 0.29) is 53.3 Å². The van der Waals surface area contributed by atoms with Crippen molar-refractivity contribution in [1.82, 2.24) is 4.90 Å². The summed E-state index contributed by atoms with van der Waals surface area (Å²) < 4.78 is 23.3. The predicted molar refractivity (Wildman–Crippen MR) is 285 cm³/mol. The molecule has 0 aliphatic carbocycles. The number of carbonyl (C=O) groups excluding carboxylic acids is 3. The van der Waals surface area contributed by atoms with E-state index in [1.165, 1.54) is 10.5 Å². The summed E-state index contributed by atoms with van der Waals surface area (Å²) in [6.45, 7) is 49.5. The molecule has 1 fully saturated rings. The number of hydrogen-bond donors (Lipinski definition) is 0. The maximum atomic E-state index is 12.2. The first-order valence-electron chi connectivity index (χ1n) is 22.1. The number of carbonyl (C=O) groups is 3. The molecule has 0 bridgehead atoms. The number of Topliss-reactive ketones (excluding diaryl/α,β-unsaturated/α-hetero) is 1. The molecule has 0 aromatic heterocycles. The minimum atomic E-state index is -2.94. The van der Waals surface area contributed by atoms with Gasteiger partial charge in [-0.25, -0.2) is 8.42 Å². The molecule has 0 radical (unpaired) electrons. The SMILES string of the molecule is CC(C)(C)CC(=O)CSC(C)(C)C.CC(C)(C)CSC1CC(=O)N(C(C)(C)C)C1=O.CC(C)(C)SC(=CC#N)c1ccc(C(C)(C)C)cc1.CC(C)(C)SCCS(=O)(=O)C(C)(C)C. The fraction of sp³-hybridized carbons (Fsp3) is 0.765. The third-order valence-corrected chi connectivity index (χ3v) is 16.8. The molecule has 1 atom stereocenters. The van der Waals surface area contributed by atoms with Gasteiger partial charge in [0.2, 0.25) is 11.8 Å². The van der Waals surface area contributed by atoms with Crippen LogP contribution in [0.1, 0.15) is 190 Å². The number of nitrogens with zero attached hydrogens (tertiary/aromatic N) is 2. The van der Waals surface area contributed by atoms with Gasteiger partial charge in [-0.15, -0.1) is 35.3 Å². The molecule has 1 aromatic rings. The van der Waals surface area contributed by atoms with Crippen LogP contribution < -0.4 is 0 Å². The molecule has 12 heteroatoms. The van der Waals surface area contributed by atoms with E-state index in [1.54, 1.807) is 73.9 Å². The Bertz CT molecular complexity index is 1770. The molecular weight excluding hydrogens is 881 g/mol. The summed E-state index contributed by atoms with van der Waals surface area (Å²) in [7, 11) is -2.94. The van der Waals surface area contributed by atoms with Crippen LogP contribution in [0.4, 0.5) is 0 Å². The van der Waals surface area contributed by atoms with Crippen LogP contribution in [0.2, 0.25) is 0 Å². The molecule has 364 valence electrons. The monoisotopic (exact) mass is 971 g/mol. The molecule has 0 N–H and O–H groups in total. The molecule has 1 aliphatic rings. The standard InChI is InChI=1S/C17H23NS.C13H23NO2S.C11H22OS.C10H22O2S2/c1-16(2,3)14-9-7-13(8-10-14)15(11-12-18)19-17(4,5)6;1-12(2,3)8-17-9-7-10(15)14(11(9)16)13(4,5)6;1-10(2,3)7-9(12)8-13-11(4,5)6;1-9(2,3)13-7-8-14(11,12)10(4,5)6/h7-11H,1-6H3;9H,7-8H2,1-6H3;7-8H2,1-6H3;7-8H2,1-6H3. The Morgan fingerprint density at radius 3 is 1.54 bits per heavy atom. The first kappa shape index (κ1) is 63.7. The molecule has 1 aliphatic heterocycles. The Morgan fingerprint density at radius 1 is 0.730 bits per heavy atom. The van der Waals surface area contributed by atoms with Crippen LogP contribution in [0.15, 0.2) is 30.3 Å². The molecule has 2 rings (SSSR count). The number of rotatable bonds is 10. The fourth-order valence-electron chi connectivity index (χ4n) is 5.19. The van der Waals surface area contributed by atoms with Gasteiger partial charge in [0.1, 0.15) is 5.78 Å². The first-order valence-corrected chi connectivity index (χ1v) is 27.6. The highest BCUT2D eigenvalue weighted by Crippen LogP contribution is 2.38. The van der Waals surface area contributed by atoms with Gasteiger partial charge in [-0.05, 0) is 74.7 Å². The van der Waals surface area contributed by atoms with Gasteiger partial charge >= 0.3 is 0 Å². The van der Waals surface area contributed by atoms with E-state index in [1.807, 2.05) is 20.8 Å². The molecule has 1 unspecified atom stereocenters. The van der Waals surface area contributed by atoms with Gasteiger partial charge in [0.05, 0.1) is 27.6 Å². The van der Waals surface area contributed by atoms with Crippen molar-refractivity contribution in [3.05, 3.63) is 41.5 Å². The third-order valence-electron chi connectivity index (χ3n) is 8.35. The predicted octanol–water partition coefficient (Wildman–Crippen LogP) is 14.3. The van der Waals surface area contributed by atoms with Crippen LogP contribution in [-0.4, -0.2) is 83.7 Å². The van der Waals surface area contributed by atoms with Crippen LogP contribution in [-0.2, 0) is 29.6 Å². The average Bonchev–Trinajstić information content (AvgIpc) is 3.33. The van der Waals surface area contributed by atoms with Gasteiger partial charge in [0.15, 0.2) is 9.84 Å². The number of amides is 2. The lowest BCUT2D eigenvalue weighted by atomic mass is 9.87. The number of likely N-dealkylation sites (tertiary alicyclic amines) is 1. The number of benzene rings is 1. The highest BCUT2D eigenvalue weighted by Gasteiger charge is 2.44. The average molecular weight is 972 g/mol. The topological polar surface area (TPSA) is 112 Å². The van der Waals surface area contributed by atoms with Gasteiger partial charge in [-0.3, -0.25) is 19.3 Å². The minimum absolute atomic E-state index is 0.0169. The second-order valence-electron chi connectivity index (χ2n) is 24.6. The van der Waals surface area contributed by atoms with Gasteiger partial charge < -0.3 is 0 Å². The summed E-state index contributed by atoms with van der Waals surface area (Å²) in [5.41, 5.74) is 2.52. The van der Waals surface area contributed by atoms with Crippen molar-refractivity contribution in [2.45, 2.75) is 214 Å². The number of nitriles is 1. The number of sulfone groups is 1. The maximum absolute atomic E-state index is 12.2. The quantitative estimate of drug-likeness (QED) is 0.166. The Kier molecular flexibility index (Phi) is 25.4. The first-order chi connectivity index (χ1) is 27.7. The molecule has 63 heavy (non-hydrogen) atoms. The van der Waals surface area contributed by atoms with Crippen molar-refractivity contribution >= 4 is 79.4 Å². The van der Waals surface area contributed by atoms with Crippen molar-refractivity contribution in [2.24, 2.45) is 10.8 Å². The van der Waals surface area contributed by atoms with Gasteiger partial charge in [0.25, 0.3) is 0 Å². The van der Waals surface area contributed by atoms with Crippen LogP contribution in [0, 0.1) is 22.2 Å². The Morgan fingerprint density at radius 2 is 1.21 bits per heavy atom. The molecule has 0 spiro atoms.